The molecule has 2 aromatic rings. The Kier molecular flexibility index (Phi) is 3.15. The first kappa shape index (κ1) is 11.5. The van der Waals surface area contributed by atoms with Crippen LogP contribution in [0, 0.1) is 11.8 Å². The summed E-state index contributed by atoms with van der Waals surface area (Å²) in [6.07, 6.45) is 8.93. The maximum Gasteiger partial charge on any atom is 0.152 e. The minimum absolute atomic E-state index is 0.302. The quantitative estimate of drug-likeness (QED) is 0.859. The summed E-state index contributed by atoms with van der Waals surface area (Å²) in [5.74, 6) is 1.88. The van der Waals surface area contributed by atoms with Crippen molar-refractivity contribution in [2.24, 2.45) is 11.8 Å². The maximum atomic E-state index is 9.31. The summed E-state index contributed by atoms with van der Waals surface area (Å²) in [5, 5.41) is 16.9. The Hall–Kier alpha value is -1.62. The van der Waals surface area contributed by atoms with Gasteiger partial charge >= 0.3 is 0 Å². The highest BCUT2D eigenvalue weighted by Crippen LogP contribution is 2.31. The molecule has 2 unspecified atom stereocenters. The molecule has 0 saturated heterocycles. The number of fused-ring (bicyclic) bond motifs is 1. The zero-order chi connectivity index (χ0) is 12.4. The first-order valence-electron chi connectivity index (χ1n) is 6.51. The molecule has 0 aromatic carbocycles. The van der Waals surface area contributed by atoms with E-state index in [1.165, 1.54) is 12.8 Å². The van der Waals surface area contributed by atoms with Crippen molar-refractivity contribution in [3.63, 3.8) is 0 Å². The van der Waals surface area contributed by atoms with E-state index in [0.717, 1.165) is 24.3 Å². The standard InChI is InChI=1S/C13H18N4O/c18-9-11-3-1-2-10(11)8-15-13-12-4-5-16-17(12)7-6-14-13/h4-7,10-11,18H,1-3,8-9H2,(H,14,15). The zero-order valence-electron chi connectivity index (χ0n) is 10.3. The molecule has 2 atom stereocenters. The van der Waals surface area contributed by atoms with Gasteiger partial charge in [0.25, 0.3) is 0 Å². The Labute approximate surface area is 106 Å². The predicted octanol–water partition coefficient (Wildman–Crippen LogP) is 1.55. The summed E-state index contributed by atoms with van der Waals surface area (Å²) in [6.45, 7) is 1.18. The van der Waals surface area contributed by atoms with Gasteiger partial charge < -0.3 is 10.4 Å². The van der Waals surface area contributed by atoms with Crippen LogP contribution in [0.25, 0.3) is 5.52 Å². The molecule has 1 saturated carbocycles. The van der Waals surface area contributed by atoms with E-state index in [-0.39, 0.29) is 0 Å². The van der Waals surface area contributed by atoms with E-state index < -0.39 is 0 Å². The first-order valence-corrected chi connectivity index (χ1v) is 6.51. The number of rotatable bonds is 4. The normalized spacial score (nSPS) is 23.6. The topological polar surface area (TPSA) is 62.5 Å². The van der Waals surface area contributed by atoms with Crippen LogP contribution in [0.5, 0.6) is 0 Å². The van der Waals surface area contributed by atoms with Crippen molar-refractivity contribution in [1.82, 2.24) is 14.6 Å². The molecule has 1 aliphatic rings. The van der Waals surface area contributed by atoms with Gasteiger partial charge in [-0.05, 0) is 30.7 Å². The van der Waals surface area contributed by atoms with E-state index in [0.29, 0.717) is 18.4 Å². The largest absolute Gasteiger partial charge is 0.396 e. The van der Waals surface area contributed by atoms with Crippen molar-refractivity contribution >= 4 is 11.3 Å². The van der Waals surface area contributed by atoms with Crippen molar-refractivity contribution in [1.29, 1.82) is 0 Å². The number of aromatic nitrogens is 3. The molecule has 0 bridgehead atoms. The van der Waals surface area contributed by atoms with Gasteiger partial charge in [-0.1, -0.05) is 6.42 Å². The summed E-state index contributed by atoms with van der Waals surface area (Å²) >= 11 is 0. The second kappa shape index (κ2) is 4.94. The smallest absolute Gasteiger partial charge is 0.152 e. The first-order chi connectivity index (χ1) is 8.88. The molecule has 3 rings (SSSR count). The van der Waals surface area contributed by atoms with Gasteiger partial charge in [-0.15, -0.1) is 0 Å². The molecule has 0 aliphatic heterocycles. The SMILES string of the molecule is OCC1CCCC1CNc1nccn2nccc12. The van der Waals surface area contributed by atoms with Crippen molar-refractivity contribution < 1.29 is 5.11 Å². The predicted molar refractivity (Wildman–Crippen MR) is 69.4 cm³/mol. The summed E-state index contributed by atoms with van der Waals surface area (Å²) in [7, 11) is 0. The highest BCUT2D eigenvalue weighted by Gasteiger charge is 2.26. The molecule has 96 valence electrons. The van der Waals surface area contributed by atoms with Gasteiger partial charge in [0.1, 0.15) is 5.52 Å². The maximum absolute atomic E-state index is 9.31. The Morgan fingerprint density at radius 3 is 3.11 bits per heavy atom. The Morgan fingerprint density at radius 2 is 2.22 bits per heavy atom. The fraction of sp³-hybridized carbons (Fsp3) is 0.538. The number of aliphatic hydroxyl groups is 1. The lowest BCUT2D eigenvalue weighted by molar-refractivity contribution is 0.199. The van der Waals surface area contributed by atoms with Crippen LogP contribution in [0.15, 0.2) is 24.7 Å². The van der Waals surface area contributed by atoms with Crippen LogP contribution in [0.3, 0.4) is 0 Å². The second-order valence-electron chi connectivity index (χ2n) is 4.95. The number of aliphatic hydroxyl groups excluding tert-OH is 1. The number of hydrogen-bond donors (Lipinski definition) is 2. The van der Waals surface area contributed by atoms with Gasteiger partial charge in [0.05, 0.1) is 6.20 Å². The van der Waals surface area contributed by atoms with Gasteiger partial charge in [-0.3, -0.25) is 0 Å². The molecule has 5 nitrogen and oxygen atoms in total. The molecule has 2 heterocycles. The van der Waals surface area contributed by atoms with Crippen molar-refractivity contribution in [2.45, 2.75) is 19.3 Å². The molecule has 2 N–H and O–H groups in total. The third-order valence-electron chi connectivity index (χ3n) is 3.91. The molecule has 0 spiro atoms. The molecule has 1 fully saturated rings. The summed E-state index contributed by atoms with van der Waals surface area (Å²) in [6, 6.07) is 1.95. The van der Waals surface area contributed by atoms with E-state index in [1.54, 1.807) is 12.4 Å². The number of hydrogen-bond acceptors (Lipinski definition) is 4. The molecular formula is C13H18N4O. The summed E-state index contributed by atoms with van der Waals surface area (Å²) in [5.41, 5.74) is 0.996. The Balaban J connectivity index is 1.71. The van der Waals surface area contributed by atoms with Crippen LogP contribution in [-0.4, -0.2) is 32.9 Å². The number of anilines is 1. The highest BCUT2D eigenvalue weighted by atomic mass is 16.3. The van der Waals surface area contributed by atoms with E-state index >= 15 is 0 Å². The molecule has 2 aromatic heterocycles. The lowest BCUT2D eigenvalue weighted by Crippen LogP contribution is -2.21. The molecule has 0 radical (unpaired) electrons. The van der Waals surface area contributed by atoms with E-state index in [4.69, 9.17) is 0 Å². The van der Waals surface area contributed by atoms with Crippen LogP contribution in [0.1, 0.15) is 19.3 Å². The number of nitrogens with zero attached hydrogens (tertiary/aromatic N) is 3. The van der Waals surface area contributed by atoms with Gasteiger partial charge in [0.15, 0.2) is 5.82 Å². The minimum Gasteiger partial charge on any atom is -0.396 e. The minimum atomic E-state index is 0.302. The van der Waals surface area contributed by atoms with Crippen LogP contribution >= 0.6 is 0 Å². The molecule has 18 heavy (non-hydrogen) atoms. The van der Waals surface area contributed by atoms with Gasteiger partial charge in [0.2, 0.25) is 0 Å². The van der Waals surface area contributed by atoms with E-state index in [9.17, 15) is 5.11 Å². The van der Waals surface area contributed by atoms with Gasteiger partial charge in [-0.2, -0.15) is 5.10 Å². The third-order valence-corrected chi connectivity index (χ3v) is 3.91. The Morgan fingerprint density at radius 1 is 1.33 bits per heavy atom. The third kappa shape index (κ3) is 2.06. The average molecular weight is 246 g/mol. The lowest BCUT2D eigenvalue weighted by Gasteiger charge is -2.18. The van der Waals surface area contributed by atoms with Crippen molar-refractivity contribution in [3.8, 4) is 0 Å². The van der Waals surface area contributed by atoms with Crippen LogP contribution in [0.2, 0.25) is 0 Å². The lowest BCUT2D eigenvalue weighted by atomic mass is 9.97. The van der Waals surface area contributed by atoms with Crippen LogP contribution in [0.4, 0.5) is 5.82 Å². The van der Waals surface area contributed by atoms with E-state index in [2.05, 4.69) is 15.4 Å². The Bertz CT molecular complexity index is 524. The van der Waals surface area contributed by atoms with Gasteiger partial charge in [0, 0.05) is 25.5 Å². The summed E-state index contributed by atoms with van der Waals surface area (Å²) < 4.78 is 1.81. The molecule has 5 heteroatoms. The van der Waals surface area contributed by atoms with Crippen LogP contribution in [-0.2, 0) is 0 Å². The molecular weight excluding hydrogens is 228 g/mol. The fourth-order valence-electron chi connectivity index (χ4n) is 2.84. The monoisotopic (exact) mass is 246 g/mol. The van der Waals surface area contributed by atoms with Crippen LogP contribution < -0.4 is 5.32 Å². The number of nitrogens with one attached hydrogen (secondary N) is 1. The second-order valence-corrected chi connectivity index (χ2v) is 4.95. The van der Waals surface area contributed by atoms with E-state index in [1.807, 2.05) is 16.8 Å². The van der Waals surface area contributed by atoms with Crippen molar-refractivity contribution in [3.05, 3.63) is 24.7 Å². The van der Waals surface area contributed by atoms with Gasteiger partial charge in [-0.25, -0.2) is 9.50 Å². The summed E-state index contributed by atoms with van der Waals surface area (Å²) in [4.78, 5) is 4.36. The highest BCUT2D eigenvalue weighted by molar-refractivity contribution is 5.66. The molecule has 1 aliphatic carbocycles. The molecule has 0 amide bonds. The van der Waals surface area contributed by atoms with Crippen molar-refractivity contribution in [2.75, 3.05) is 18.5 Å². The fourth-order valence-corrected chi connectivity index (χ4v) is 2.84. The average Bonchev–Trinajstić information content (AvgIpc) is 3.04. The zero-order valence-corrected chi connectivity index (χ0v) is 10.3.